The molecule has 1 unspecified atom stereocenters. The molecular formula is C12H17BrN2O3S. The molecule has 1 aromatic rings. The van der Waals surface area contributed by atoms with Gasteiger partial charge in [-0.25, -0.2) is 9.59 Å². The smallest absolute Gasteiger partial charge is 0.326 e. The van der Waals surface area contributed by atoms with Crippen LogP contribution >= 0.6 is 27.3 Å². The molecule has 1 heterocycles. The van der Waals surface area contributed by atoms with Crippen LogP contribution in [0.3, 0.4) is 0 Å². The molecule has 0 bridgehead atoms. The Labute approximate surface area is 124 Å². The molecule has 106 valence electrons. The van der Waals surface area contributed by atoms with Crippen molar-refractivity contribution in [2.45, 2.75) is 32.2 Å². The Kier molecular flexibility index (Phi) is 6.86. The largest absolute Gasteiger partial charge is 0.480 e. The summed E-state index contributed by atoms with van der Waals surface area (Å²) in [5.74, 6) is -1.00. The Morgan fingerprint density at radius 2 is 2.21 bits per heavy atom. The Hall–Kier alpha value is -1.08. The number of carboxylic acids is 1. The number of carbonyl (C=O) groups excluding carboxylic acids is 1. The van der Waals surface area contributed by atoms with Crippen molar-refractivity contribution in [3.05, 3.63) is 20.8 Å². The van der Waals surface area contributed by atoms with E-state index in [1.807, 2.05) is 19.1 Å². The first-order chi connectivity index (χ1) is 9.02. The van der Waals surface area contributed by atoms with Gasteiger partial charge in [0.2, 0.25) is 0 Å². The highest BCUT2D eigenvalue weighted by Crippen LogP contribution is 2.21. The molecule has 1 atom stereocenters. The number of halogens is 1. The highest BCUT2D eigenvalue weighted by Gasteiger charge is 2.18. The predicted octanol–water partition coefficient (Wildman–Crippen LogP) is 2.61. The summed E-state index contributed by atoms with van der Waals surface area (Å²) in [5.41, 5.74) is 0. The molecule has 2 amide bonds. The molecule has 0 saturated heterocycles. The normalized spacial score (nSPS) is 11.9. The molecule has 19 heavy (non-hydrogen) atoms. The summed E-state index contributed by atoms with van der Waals surface area (Å²) in [6.07, 6.45) is 1.87. The lowest BCUT2D eigenvalue weighted by molar-refractivity contribution is -0.139. The van der Waals surface area contributed by atoms with E-state index in [4.69, 9.17) is 5.11 Å². The highest BCUT2D eigenvalue weighted by atomic mass is 79.9. The van der Waals surface area contributed by atoms with E-state index in [0.29, 0.717) is 19.4 Å². The number of carbonyl (C=O) groups is 2. The van der Waals surface area contributed by atoms with Gasteiger partial charge in [-0.2, -0.15) is 0 Å². The zero-order chi connectivity index (χ0) is 14.3. The van der Waals surface area contributed by atoms with Gasteiger partial charge in [0.15, 0.2) is 0 Å². The average molecular weight is 349 g/mol. The number of hydrogen-bond acceptors (Lipinski definition) is 3. The second kappa shape index (κ2) is 8.16. The van der Waals surface area contributed by atoms with Gasteiger partial charge in [-0.05, 0) is 40.9 Å². The van der Waals surface area contributed by atoms with Crippen molar-refractivity contribution in [3.8, 4) is 0 Å². The van der Waals surface area contributed by atoms with Gasteiger partial charge >= 0.3 is 12.0 Å². The van der Waals surface area contributed by atoms with Crippen molar-refractivity contribution < 1.29 is 14.7 Å². The molecule has 3 N–H and O–H groups in total. The number of carboxylic acid groups (broad SMARTS) is 1. The number of rotatable bonds is 7. The number of hydrogen-bond donors (Lipinski definition) is 3. The van der Waals surface area contributed by atoms with E-state index in [0.717, 1.165) is 15.1 Å². The number of urea groups is 1. The number of thiophene rings is 1. The standard InChI is InChI=1S/C12H17BrN2O3S/c1-2-3-9(11(16)17)15-12(18)14-7-6-8-4-5-10(13)19-8/h4-5,9H,2-3,6-7H2,1H3,(H,16,17)(H2,14,15,18). The average Bonchev–Trinajstić information content (AvgIpc) is 2.74. The van der Waals surface area contributed by atoms with Crippen LogP contribution in [0.15, 0.2) is 15.9 Å². The molecule has 1 aromatic heterocycles. The van der Waals surface area contributed by atoms with Crippen LogP contribution in [-0.4, -0.2) is 29.7 Å². The Morgan fingerprint density at radius 3 is 2.74 bits per heavy atom. The molecule has 0 spiro atoms. The van der Waals surface area contributed by atoms with Gasteiger partial charge in [0.25, 0.3) is 0 Å². The minimum absolute atomic E-state index is 0.431. The highest BCUT2D eigenvalue weighted by molar-refractivity contribution is 9.11. The first-order valence-corrected chi connectivity index (χ1v) is 7.65. The lowest BCUT2D eigenvalue weighted by Gasteiger charge is -2.14. The minimum Gasteiger partial charge on any atom is -0.480 e. The number of amides is 2. The van der Waals surface area contributed by atoms with Crippen molar-refractivity contribution in [1.29, 1.82) is 0 Å². The van der Waals surface area contributed by atoms with Crippen molar-refractivity contribution in [2.24, 2.45) is 0 Å². The first kappa shape index (κ1) is 16.0. The molecule has 5 nitrogen and oxygen atoms in total. The van der Waals surface area contributed by atoms with Crippen LogP contribution in [0.4, 0.5) is 4.79 Å². The maximum atomic E-state index is 11.5. The van der Waals surface area contributed by atoms with Crippen LogP contribution in [0.2, 0.25) is 0 Å². The minimum atomic E-state index is -1.00. The van der Waals surface area contributed by atoms with Crippen LogP contribution < -0.4 is 10.6 Å². The Balaban J connectivity index is 2.28. The van der Waals surface area contributed by atoms with Crippen molar-refractivity contribution in [1.82, 2.24) is 10.6 Å². The lowest BCUT2D eigenvalue weighted by atomic mass is 10.2. The lowest BCUT2D eigenvalue weighted by Crippen LogP contribution is -2.46. The van der Waals surface area contributed by atoms with E-state index < -0.39 is 18.0 Å². The molecule has 0 saturated carbocycles. The van der Waals surface area contributed by atoms with E-state index in [2.05, 4.69) is 26.6 Å². The van der Waals surface area contributed by atoms with E-state index in [-0.39, 0.29) is 0 Å². The third kappa shape index (κ3) is 6.07. The molecule has 7 heteroatoms. The summed E-state index contributed by atoms with van der Waals surface area (Å²) in [4.78, 5) is 23.6. The first-order valence-electron chi connectivity index (χ1n) is 6.04. The third-order valence-corrected chi connectivity index (χ3v) is 4.15. The number of aliphatic carboxylic acids is 1. The molecule has 0 aliphatic rings. The van der Waals surface area contributed by atoms with E-state index in [1.165, 1.54) is 0 Å². The van der Waals surface area contributed by atoms with Crippen LogP contribution in [0, 0.1) is 0 Å². The topological polar surface area (TPSA) is 78.4 Å². The van der Waals surface area contributed by atoms with E-state index >= 15 is 0 Å². The van der Waals surface area contributed by atoms with Crippen LogP contribution in [0.5, 0.6) is 0 Å². The molecule has 0 fully saturated rings. The summed E-state index contributed by atoms with van der Waals surface area (Å²) in [5, 5.41) is 14.0. The summed E-state index contributed by atoms with van der Waals surface area (Å²) in [6.45, 7) is 2.36. The second-order valence-electron chi connectivity index (χ2n) is 4.04. The molecule has 0 aliphatic carbocycles. The number of nitrogens with one attached hydrogen (secondary N) is 2. The SMILES string of the molecule is CCCC(NC(=O)NCCc1ccc(Br)s1)C(=O)O. The fraction of sp³-hybridized carbons (Fsp3) is 0.500. The molecule has 0 radical (unpaired) electrons. The van der Waals surface area contributed by atoms with Crippen molar-refractivity contribution in [2.75, 3.05) is 6.54 Å². The Bertz CT molecular complexity index is 436. The Morgan fingerprint density at radius 1 is 1.47 bits per heavy atom. The van der Waals surface area contributed by atoms with E-state index in [9.17, 15) is 9.59 Å². The quantitative estimate of drug-likeness (QED) is 0.708. The zero-order valence-corrected chi connectivity index (χ0v) is 13.0. The van der Waals surface area contributed by atoms with Crippen molar-refractivity contribution in [3.63, 3.8) is 0 Å². The summed E-state index contributed by atoms with van der Waals surface area (Å²) in [6, 6.07) is 2.70. The van der Waals surface area contributed by atoms with Gasteiger partial charge in [-0.3, -0.25) is 0 Å². The third-order valence-electron chi connectivity index (χ3n) is 2.47. The van der Waals surface area contributed by atoms with E-state index in [1.54, 1.807) is 11.3 Å². The van der Waals surface area contributed by atoms with Gasteiger partial charge in [0.1, 0.15) is 6.04 Å². The second-order valence-corrected chi connectivity index (χ2v) is 6.58. The summed E-state index contributed by atoms with van der Waals surface area (Å²) >= 11 is 4.99. The fourth-order valence-corrected chi connectivity index (χ4v) is 3.02. The molecule has 1 rings (SSSR count). The molecule has 0 aliphatic heterocycles. The maximum Gasteiger partial charge on any atom is 0.326 e. The monoisotopic (exact) mass is 348 g/mol. The van der Waals surface area contributed by atoms with Gasteiger partial charge in [0, 0.05) is 11.4 Å². The molecular weight excluding hydrogens is 332 g/mol. The maximum absolute atomic E-state index is 11.5. The van der Waals surface area contributed by atoms with Gasteiger partial charge in [0.05, 0.1) is 3.79 Å². The summed E-state index contributed by atoms with van der Waals surface area (Å²) in [7, 11) is 0. The van der Waals surface area contributed by atoms with Gasteiger partial charge < -0.3 is 15.7 Å². The van der Waals surface area contributed by atoms with Gasteiger partial charge in [-0.15, -0.1) is 11.3 Å². The van der Waals surface area contributed by atoms with Gasteiger partial charge in [-0.1, -0.05) is 13.3 Å². The fourth-order valence-electron chi connectivity index (χ4n) is 1.54. The summed E-state index contributed by atoms with van der Waals surface area (Å²) < 4.78 is 1.06. The van der Waals surface area contributed by atoms with Crippen LogP contribution in [0.1, 0.15) is 24.6 Å². The zero-order valence-electron chi connectivity index (χ0n) is 10.6. The predicted molar refractivity (Wildman–Crippen MR) is 78.6 cm³/mol. The van der Waals surface area contributed by atoms with Crippen LogP contribution in [0.25, 0.3) is 0 Å². The van der Waals surface area contributed by atoms with Crippen molar-refractivity contribution >= 4 is 39.3 Å². The molecule has 0 aromatic carbocycles. The van der Waals surface area contributed by atoms with Crippen LogP contribution in [-0.2, 0) is 11.2 Å².